The van der Waals surface area contributed by atoms with Crippen LogP contribution in [0.4, 0.5) is 35.1 Å². The number of hydrogen-bond acceptors (Lipinski definition) is 5. The Kier molecular flexibility index (Phi) is 6.92. The second-order valence-corrected chi connectivity index (χ2v) is 7.31. The second kappa shape index (κ2) is 9.44. The molecular weight excluding hydrogens is 508 g/mol. The molecule has 3 aromatic rings. The van der Waals surface area contributed by atoms with Gasteiger partial charge in [0.2, 0.25) is 5.75 Å². The summed E-state index contributed by atoms with van der Waals surface area (Å²) in [5, 5.41) is 9.16. The average molecular weight is 520 g/mol. The third-order valence-corrected chi connectivity index (χ3v) is 4.90. The fourth-order valence-electron chi connectivity index (χ4n) is 3.00. The monoisotopic (exact) mass is 520 g/mol. The summed E-state index contributed by atoms with van der Waals surface area (Å²) in [7, 11) is 0. The first-order valence-electron chi connectivity index (χ1n) is 9.59. The maximum atomic E-state index is 14.2. The Morgan fingerprint density at radius 3 is 2.42 bits per heavy atom. The summed E-state index contributed by atoms with van der Waals surface area (Å²) in [6.45, 7) is 0.290. The predicted octanol–water partition coefficient (Wildman–Crippen LogP) is 4.68. The lowest BCUT2D eigenvalue weighted by Crippen LogP contribution is -2.37. The van der Waals surface area contributed by atoms with Crippen molar-refractivity contribution in [2.24, 2.45) is 0 Å². The largest absolute Gasteiger partial charge is 0.459 e. The Labute approximate surface area is 195 Å². The Hall–Kier alpha value is -4.22. The third kappa shape index (κ3) is 4.92. The molecule has 0 spiro atoms. The van der Waals surface area contributed by atoms with Gasteiger partial charge >= 0.3 is 12.1 Å². The lowest BCUT2D eigenvalue weighted by Gasteiger charge is -2.22. The van der Waals surface area contributed by atoms with Gasteiger partial charge in [-0.2, -0.15) is 27.2 Å². The number of nitrogens with one attached hydrogen (secondary N) is 1. The van der Waals surface area contributed by atoms with Crippen molar-refractivity contribution in [2.45, 2.75) is 32.0 Å². The summed E-state index contributed by atoms with van der Waals surface area (Å²) in [4.78, 5) is 29.8. The number of hydrogen-bond donors (Lipinski definition) is 1. The number of nitriles is 1. The van der Waals surface area contributed by atoms with Crippen molar-refractivity contribution in [2.75, 3.05) is 0 Å². The van der Waals surface area contributed by atoms with Gasteiger partial charge in [-0.3, -0.25) is 14.2 Å². The highest BCUT2D eigenvalue weighted by Crippen LogP contribution is 2.46. The van der Waals surface area contributed by atoms with Crippen LogP contribution in [0.5, 0.6) is 11.5 Å². The molecule has 3 rings (SSSR count). The predicted molar refractivity (Wildman–Crippen MR) is 105 cm³/mol. The molecule has 1 N–H and O–H groups in total. The van der Waals surface area contributed by atoms with Crippen LogP contribution in [0.3, 0.4) is 0 Å². The van der Waals surface area contributed by atoms with Crippen molar-refractivity contribution in [3.8, 4) is 17.6 Å². The molecule has 0 aliphatic rings. The molecule has 2 aromatic heterocycles. The van der Waals surface area contributed by atoms with Gasteiger partial charge in [0.25, 0.3) is 17.5 Å². The van der Waals surface area contributed by atoms with Crippen molar-refractivity contribution in [3.63, 3.8) is 0 Å². The molecule has 0 amide bonds. The van der Waals surface area contributed by atoms with Crippen LogP contribution in [0.25, 0.3) is 0 Å². The zero-order chi connectivity index (χ0) is 27.0. The minimum Gasteiger partial charge on any atom is -0.449 e. The number of aromatic amines is 1. The molecule has 7 nitrogen and oxygen atoms in total. The lowest BCUT2D eigenvalue weighted by atomic mass is 10.0. The molecule has 0 radical (unpaired) electrons. The van der Waals surface area contributed by atoms with Crippen LogP contribution in [0, 0.1) is 24.1 Å². The third-order valence-electron chi connectivity index (χ3n) is 4.90. The summed E-state index contributed by atoms with van der Waals surface area (Å²) in [5.74, 6) is -9.18. The number of aromatic nitrogens is 3. The Morgan fingerprint density at radius 1 is 1.17 bits per heavy atom. The number of rotatable bonds is 6. The highest BCUT2D eigenvalue weighted by molar-refractivity contribution is 5.51. The number of halogens is 8. The van der Waals surface area contributed by atoms with Gasteiger partial charge in [0, 0.05) is 22.9 Å². The normalized spacial score (nSPS) is 12.0. The number of ether oxygens (including phenoxy) is 1. The van der Waals surface area contributed by atoms with Crippen molar-refractivity contribution in [3.05, 3.63) is 85.2 Å². The van der Waals surface area contributed by atoms with E-state index in [0.29, 0.717) is 22.9 Å². The standard InChI is InChI=1S/C21H12F8N4O3/c1-9-11(5-30)2-10(17(23)24)4-14(9)36-15-16(20(25,26)21(27,28)29)32-8-33(19(15)35)7-12-3-13(22)6-31-18(12)34/h2-4,6,8,17H,7H2,1H3,(H,31,34). The van der Waals surface area contributed by atoms with Crippen molar-refractivity contribution < 1.29 is 39.9 Å². The first-order chi connectivity index (χ1) is 16.7. The van der Waals surface area contributed by atoms with E-state index in [4.69, 9.17) is 10.00 Å². The first-order valence-corrected chi connectivity index (χ1v) is 9.59. The molecule has 1 aromatic carbocycles. The fraction of sp³-hybridized carbons (Fsp3) is 0.238. The Bertz CT molecular complexity index is 1470. The van der Waals surface area contributed by atoms with Crippen LogP contribution < -0.4 is 15.9 Å². The number of pyridine rings is 1. The van der Waals surface area contributed by atoms with Gasteiger partial charge in [0.1, 0.15) is 11.6 Å². The maximum Gasteiger partial charge on any atom is 0.459 e. The van der Waals surface area contributed by atoms with E-state index >= 15 is 0 Å². The van der Waals surface area contributed by atoms with E-state index in [2.05, 4.69) is 4.98 Å². The molecule has 0 saturated carbocycles. The van der Waals surface area contributed by atoms with Crippen LogP contribution in [0.1, 0.15) is 34.4 Å². The first kappa shape index (κ1) is 26.4. The minimum atomic E-state index is -6.24. The Morgan fingerprint density at radius 2 is 1.83 bits per heavy atom. The molecule has 0 atom stereocenters. The summed E-state index contributed by atoms with van der Waals surface area (Å²) in [5.41, 5.74) is -6.72. The van der Waals surface area contributed by atoms with Crippen LogP contribution in [0.15, 0.2) is 40.3 Å². The molecule has 0 saturated heterocycles. The summed E-state index contributed by atoms with van der Waals surface area (Å²) < 4.78 is 113. The second-order valence-electron chi connectivity index (χ2n) is 7.31. The van der Waals surface area contributed by atoms with Gasteiger partial charge in [0.05, 0.1) is 24.5 Å². The van der Waals surface area contributed by atoms with Crippen LogP contribution in [-0.2, 0) is 12.5 Å². The lowest BCUT2D eigenvalue weighted by molar-refractivity contribution is -0.291. The average Bonchev–Trinajstić information content (AvgIpc) is 2.78. The molecule has 2 heterocycles. The highest BCUT2D eigenvalue weighted by Gasteiger charge is 2.62. The van der Waals surface area contributed by atoms with Gasteiger partial charge in [-0.15, -0.1) is 0 Å². The topological polar surface area (TPSA) is 101 Å². The van der Waals surface area contributed by atoms with Crippen molar-refractivity contribution in [1.29, 1.82) is 5.26 Å². The van der Waals surface area contributed by atoms with Crippen LogP contribution in [0.2, 0.25) is 0 Å². The van der Waals surface area contributed by atoms with Crippen LogP contribution in [-0.4, -0.2) is 20.7 Å². The molecule has 0 unspecified atom stereocenters. The van der Waals surface area contributed by atoms with E-state index < -0.39 is 75.9 Å². The van der Waals surface area contributed by atoms with Gasteiger partial charge in [0.15, 0.2) is 5.69 Å². The van der Waals surface area contributed by atoms with Crippen molar-refractivity contribution in [1.82, 2.24) is 14.5 Å². The van der Waals surface area contributed by atoms with E-state index in [1.54, 1.807) is 6.07 Å². The number of benzene rings is 1. The van der Waals surface area contributed by atoms with Gasteiger partial charge < -0.3 is 9.72 Å². The molecular formula is C21H12F8N4O3. The molecule has 36 heavy (non-hydrogen) atoms. The van der Waals surface area contributed by atoms with E-state index in [9.17, 15) is 44.7 Å². The summed E-state index contributed by atoms with van der Waals surface area (Å²) in [6.07, 6.45) is -8.49. The van der Waals surface area contributed by atoms with Gasteiger partial charge in [-0.05, 0) is 25.1 Å². The van der Waals surface area contributed by atoms with E-state index in [1.165, 1.54) is 0 Å². The zero-order valence-electron chi connectivity index (χ0n) is 17.8. The molecule has 15 heteroatoms. The smallest absolute Gasteiger partial charge is 0.449 e. The van der Waals surface area contributed by atoms with E-state index in [-0.39, 0.29) is 11.9 Å². The molecule has 0 fully saturated rings. The van der Waals surface area contributed by atoms with Crippen LogP contribution >= 0.6 is 0 Å². The molecule has 0 bridgehead atoms. The minimum absolute atomic E-state index is 0.250. The maximum absolute atomic E-state index is 14.2. The fourth-order valence-corrected chi connectivity index (χ4v) is 3.00. The molecule has 0 aliphatic carbocycles. The van der Waals surface area contributed by atoms with Gasteiger partial charge in [-0.1, -0.05) is 0 Å². The van der Waals surface area contributed by atoms with Crippen molar-refractivity contribution >= 4 is 0 Å². The van der Waals surface area contributed by atoms with E-state index in [0.717, 1.165) is 13.0 Å². The SMILES string of the molecule is Cc1c(C#N)cc(C(F)F)cc1Oc1c(C(F)(F)C(F)(F)F)ncn(Cc2cc(F)c[nH]c2=O)c1=O. The molecule has 190 valence electrons. The summed E-state index contributed by atoms with van der Waals surface area (Å²) >= 11 is 0. The Balaban J connectivity index is 2.27. The number of H-pyrrole nitrogens is 1. The number of nitrogens with zero attached hydrogens (tertiary/aromatic N) is 3. The molecule has 0 aliphatic heterocycles. The van der Waals surface area contributed by atoms with Gasteiger partial charge in [-0.25, -0.2) is 18.2 Å². The summed E-state index contributed by atoms with van der Waals surface area (Å²) in [6, 6.07) is 3.53. The highest BCUT2D eigenvalue weighted by atomic mass is 19.4. The zero-order valence-corrected chi connectivity index (χ0v) is 17.8. The quantitative estimate of drug-likeness (QED) is 0.476. The van der Waals surface area contributed by atoms with E-state index in [1.807, 2.05) is 4.98 Å². The number of alkyl halides is 7.